The Morgan fingerprint density at radius 1 is 1.28 bits per heavy atom. The Morgan fingerprint density at radius 3 is 2.59 bits per heavy atom. The van der Waals surface area contributed by atoms with Gasteiger partial charge in [-0.25, -0.2) is 9.79 Å². The molecule has 1 fully saturated rings. The number of esters is 2. The van der Waals surface area contributed by atoms with Gasteiger partial charge in [-0.3, -0.25) is 14.5 Å². The van der Waals surface area contributed by atoms with Crippen LogP contribution in [0.25, 0.3) is 0 Å². The van der Waals surface area contributed by atoms with Crippen molar-refractivity contribution in [3.8, 4) is 5.75 Å². The minimum atomic E-state index is -0.631. The van der Waals surface area contributed by atoms with Crippen LogP contribution < -0.4 is 4.74 Å². The normalized spacial score (nSPS) is 19.1. The van der Waals surface area contributed by atoms with Gasteiger partial charge in [0.2, 0.25) is 5.91 Å². The van der Waals surface area contributed by atoms with E-state index in [1.165, 1.54) is 18.7 Å². The van der Waals surface area contributed by atoms with Crippen LogP contribution in [-0.4, -0.2) is 40.3 Å². The molecule has 0 aromatic heterocycles. The maximum Gasteiger partial charge on any atom is 0.338 e. The Balaban J connectivity index is 2.02. The molecule has 0 N–H and O–H groups in total. The average molecular weight is 416 g/mol. The maximum absolute atomic E-state index is 12.9. The number of hydrogen-bond acceptors (Lipinski definition) is 7. The Bertz CT molecular complexity index is 889. The number of amides is 1. The highest BCUT2D eigenvalue weighted by atomic mass is 32.2. The highest BCUT2D eigenvalue weighted by Gasteiger charge is 2.41. The Hall–Kier alpha value is -2.61. The molecular weight excluding hydrogens is 392 g/mol. The highest BCUT2D eigenvalue weighted by molar-refractivity contribution is 8.14. The summed E-state index contributed by atoms with van der Waals surface area (Å²) in [5, 5.41) is 0.591. The van der Waals surface area contributed by atoms with Gasteiger partial charge in [-0.05, 0) is 30.5 Å². The lowest BCUT2D eigenvalue weighted by atomic mass is 9.94. The number of nitrogens with zero attached hydrogens (tertiary/aromatic N) is 2. The van der Waals surface area contributed by atoms with Crippen molar-refractivity contribution >= 4 is 34.8 Å². The van der Waals surface area contributed by atoms with Crippen molar-refractivity contribution in [2.24, 2.45) is 10.9 Å². The van der Waals surface area contributed by atoms with Crippen LogP contribution in [-0.2, 0) is 19.1 Å². The Labute approximate surface area is 174 Å². The zero-order valence-corrected chi connectivity index (χ0v) is 17.7. The number of ether oxygens (including phenoxy) is 2. The number of fused-ring (bicyclic) bond motifs is 1. The van der Waals surface area contributed by atoms with Gasteiger partial charge in [-0.1, -0.05) is 37.7 Å². The fraction of sp³-hybridized carbons (Fsp3) is 0.429. The van der Waals surface area contributed by atoms with Crippen molar-refractivity contribution in [1.82, 2.24) is 4.90 Å². The minimum Gasteiger partial charge on any atom is -0.462 e. The molecule has 0 spiro atoms. The van der Waals surface area contributed by atoms with E-state index in [-0.39, 0.29) is 18.4 Å². The zero-order chi connectivity index (χ0) is 21.1. The van der Waals surface area contributed by atoms with Gasteiger partial charge in [0.15, 0.2) is 5.17 Å². The zero-order valence-electron chi connectivity index (χ0n) is 16.9. The molecule has 2 aliphatic rings. The van der Waals surface area contributed by atoms with Gasteiger partial charge in [0.25, 0.3) is 0 Å². The molecule has 154 valence electrons. The number of allylic oxidation sites excluding steroid dienone is 1. The first kappa shape index (κ1) is 21.1. The molecule has 2 aliphatic heterocycles. The second-order valence-corrected chi connectivity index (χ2v) is 8.38. The third kappa shape index (κ3) is 4.70. The van der Waals surface area contributed by atoms with Crippen LogP contribution >= 0.6 is 11.8 Å². The number of aliphatic imine (C=N–C) groups is 1. The summed E-state index contributed by atoms with van der Waals surface area (Å²) in [6.07, 6.45) is 0.374. The van der Waals surface area contributed by atoms with E-state index in [0.717, 1.165) is 5.56 Å². The van der Waals surface area contributed by atoms with E-state index in [0.29, 0.717) is 34.4 Å². The van der Waals surface area contributed by atoms with Gasteiger partial charge in [-0.15, -0.1) is 0 Å². The molecular formula is C21H24N2O5S. The fourth-order valence-corrected chi connectivity index (χ4v) is 4.18. The first-order chi connectivity index (χ1) is 13.8. The third-order valence-electron chi connectivity index (χ3n) is 4.43. The van der Waals surface area contributed by atoms with E-state index in [2.05, 4.69) is 4.99 Å². The maximum atomic E-state index is 12.9. The molecule has 2 heterocycles. The number of carbonyl (C=O) groups excluding carboxylic acids is 3. The topological polar surface area (TPSA) is 85.3 Å². The fourth-order valence-electron chi connectivity index (χ4n) is 3.18. The molecule has 3 rings (SSSR count). The van der Waals surface area contributed by atoms with E-state index in [4.69, 9.17) is 9.47 Å². The predicted octanol–water partition coefficient (Wildman–Crippen LogP) is 3.46. The molecule has 1 unspecified atom stereocenters. The Morgan fingerprint density at radius 2 is 1.97 bits per heavy atom. The third-order valence-corrected chi connectivity index (χ3v) is 5.39. The summed E-state index contributed by atoms with van der Waals surface area (Å²) in [5.41, 5.74) is 1.62. The SMILES string of the molecule is CC(=O)Oc1ccc(C2C(C(=O)OCC(C)C)=C(C)N=C3SCCC(=O)N32)cc1. The van der Waals surface area contributed by atoms with E-state index < -0.39 is 18.0 Å². The van der Waals surface area contributed by atoms with Gasteiger partial charge in [0.1, 0.15) is 5.75 Å². The molecule has 1 atom stereocenters. The molecule has 8 heteroatoms. The van der Waals surface area contributed by atoms with Gasteiger partial charge in [-0.2, -0.15) is 0 Å². The van der Waals surface area contributed by atoms with Crippen molar-refractivity contribution in [2.75, 3.05) is 12.4 Å². The van der Waals surface area contributed by atoms with Gasteiger partial charge < -0.3 is 9.47 Å². The van der Waals surface area contributed by atoms with Crippen molar-refractivity contribution in [2.45, 2.75) is 40.2 Å². The lowest BCUT2D eigenvalue weighted by Crippen LogP contribution is -2.45. The first-order valence-corrected chi connectivity index (χ1v) is 10.5. The van der Waals surface area contributed by atoms with Gasteiger partial charge in [0.05, 0.1) is 23.9 Å². The van der Waals surface area contributed by atoms with Crippen LogP contribution in [0.3, 0.4) is 0 Å². The molecule has 1 amide bonds. The lowest BCUT2D eigenvalue weighted by molar-refractivity contribution is -0.141. The number of amidine groups is 1. The molecule has 0 aliphatic carbocycles. The summed E-state index contributed by atoms with van der Waals surface area (Å²) in [6, 6.07) is 6.17. The summed E-state index contributed by atoms with van der Waals surface area (Å²) >= 11 is 1.50. The first-order valence-electron chi connectivity index (χ1n) is 9.47. The van der Waals surface area contributed by atoms with Crippen LogP contribution in [0.15, 0.2) is 40.5 Å². The average Bonchev–Trinajstić information content (AvgIpc) is 2.65. The minimum absolute atomic E-state index is 0.0850. The predicted molar refractivity (Wildman–Crippen MR) is 110 cm³/mol. The second-order valence-electron chi connectivity index (χ2n) is 7.31. The highest BCUT2D eigenvalue weighted by Crippen LogP contribution is 2.40. The largest absolute Gasteiger partial charge is 0.462 e. The van der Waals surface area contributed by atoms with Gasteiger partial charge >= 0.3 is 11.9 Å². The number of carbonyl (C=O) groups is 3. The van der Waals surface area contributed by atoms with Crippen LogP contribution in [0.5, 0.6) is 5.75 Å². The molecule has 7 nitrogen and oxygen atoms in total. The summed E-state index contributed by atoms with van der Waals surface area (Å²) < 4.78 is 10.6. The van der Waals surface area contributed by atoms with Crippen LogP contribution in [0.4, 0.5) is 0 Å². The molecule has 0 bridgehead atoms. The molecule has 1 aromatic carbocycles. The van der Waals surface area contributed by atoms with Crippen molar-refractivity contribution in [1.29, 1.82) is 0 Å². The molecule has 1 saturated heterocycles. The van der Waals surface area contributed by atoms with E-state index in [1.807, 2.05) is 13.8 Å². The number of thioether (sulfide) groups is 1. The van der Waals surface area contributed by atoms with Crippen LogP contribution in [0, 0.1) is 5.92 Å². The number of rotatable bonds is 5. The summed E-state index contributed by atoms with van der Waals surface area (Å²) in [5.74, 6) is 0.272. The van der Waals surface area contributed by atoms with E-state index in [9.17, 15) is 14.4 Å². The second kappa shape index (κ2) is 8.82. The van der Waals surface area contributed by atoms with E-state index >= 15 is 0 Å². The van der Waals surface area contributed by atoms with Crippen LogP contribution in [0.2, 0.25) is 0 Å². The molecule has 29 heavy (non-hydrogen) atoms. The van der Waals surface area contributed by atoms with Crippen molar-refractivity contribution in [3.63, 3.8) is 0 Å². The summed E-state index contributed by atoms with van der Waals surface area (Å²) in [4.78, 5) is 42.9. The molecule has 0 saturated carbocycles. The lowest BCUT2D eigenvalue weighted by Gasteiger charge is -2.39. The standard InChI is InChI=1S/C21H24N2O5S/c1-12(2)11-27-20(26)18-13(3)22-21-23(17(25)9-10-29-21)19(18)15-5-7-16(8-6-15)28-14(4)24/h5-8,12,19H,9-11H2,1-4H3. The quantitative estimate of drug-likeness (QED) is 0.540. The number of benzene rings is 1. The number of hydrogen-bond donors (Lipinski definition) is 0. The molecule has 0 radical (unpaired) electrons. The van der Waals surface area contributed by atoms with Crippen molar-refractivity contribution < 1.29 is 23.9 Å². The molecule has 1 aromatic rings. The monoisotopic (exact) mass is 416 g/mol. The summed E-state index contributed by atoms with van der Waals surface area (Å²) in [7, 11) is 0. The van der Waals surface area contributed by atoms with Crippen molar-refractivity contribution in [3.05, 3.63) is 41.1 Å². The van der Waals surface area contributed by atoms with E-state index in [1.54, 1.807) is 36.1 Å². The van der Waals surface area contributed by atoms with Crippen LogP contribution in [0.1, 0.15) is 45.7 Å². The van der Waals surface area contributed by atoms with Gasteiger partial charge in [0, 0.05) is 19.1 Å². The summed E-state index contributed by atoms with van der Waals surface area (Å²) in [6.45, 7) is 7.29. The Kier molecular flexibility index (Phi) is 6.42. The smallest absolute Gasteiger partial charge is 0.338 e.